The molecule has 5 nitrogen and oxygen atoms in total. The van der Waals surface area contributed by atoms with E-state index in [4.69, 9.17) is 10.3 Å². The normalized spacial score (nSPS) is 10.6. The number of nitrogens with zero attached hydrogens (tertiary/aromatic N) is 3. The van der Waals surface area contributed by atoms with Crippen molar-refractivity contribution >= 4 is 0 Å². The Morgan fingerprint density at radius 2 is 2.25 bits per heavy atom. The molecule has 0 bridgehead atoms. The molecule has 0 spiro atoms. The van der Waals surface area contributed by atoms with Crippen LogP contribution in [0, 0.1) is 6.92 Å². The molecule has 0 aliphatic rings. The standard InChI is InChI=1S/C11H14N4O/c1-8-5-9(7-13-6-8)11-14-10(15-16-11)3-2-4-12/h5-7H,2-4,12H2,1H3. The van der Waals surface area contributed by atoms with Crippen LogP contribution in [0.5, 0.6) is 0 Å². The summed E-state index contributed by atoms with van der Waals surface area (Å²) in [6, 6.07) is 1.97. The van der Waals surface area contributed by atoms with E-state index in [1.807, 2.05) is 13.0 Å². The summed E-state index contributed by atoms with van der Waals surface area (Å²) < 4.78 is 5.16. The van der Waals surface area contributed by atoms with Gasteiger partial charge in [-0.3, -0.25) is 4.98 Å². The first-order chi connectivity index (χ1) is 7.79. The summed E-state index contributed by atoms with van der Waals surface area (Å²) in [5, 5.41) is 3.89. The van der Waals surface area contributed by atoms with Crippen molar-refractivity contribution in [2.75, 3.05) is 6.54 Å². The van der Waals surface area contributed by atoms with E-state index in [0.29, 0.717) is 18.3 Å². The van der Waals surface area contributed by atoms with E-state index in [2.05, 4.69) is 15.1 Å². The third-order valence-corrected chi connectivity index (χ3v) is 2.19. The summed E-state index contributed by atoms with van der Waals surface area (Å²) in [7, 11) is 0. The first kappa shape index (κ1) is 10.8. The maximum absolute atomic E-state index is 5.42. The molecule has 0 unspecified atom stereocenters. The zero-order chi connectivity index (χ0) is 11.4. The molecule has 0 saturated carbocycles. The Balaban J connectivity index is 2.18. The van der Waals surface area contributed by atoms with Gasteiger partial charge in [0, 0.05) is 18.8 Å². The predicted molar refractivity (Wildman–Crippen MR) is 59.6 cm³/mol. The number of pyridine rings is 1. The van der Waals surface area contributed by atoms with Gasteiger partial charge in [0.15, 0.2) is 5.82 Å². The van der Waals surface area contributed by atoms with Gasteiger partial charge < -0.3 is 10.3 Å². The number of rotatable bonds is 4. The molecule has 2 N–H and O–H groups in total. The van der Waals surface area contributed by atoms with E-state index < -0.39 is 0 Å². The van der Waals surface area contributed by atoms with Crippen molar-refractivity contribution in [1.82, 2.24) is 15.1 Å². The van der Waals surface area contributed by atoms with Gasteiger partial charge in [-0.05, 0) is 31.5 Å². The summed E-state index contributed by atoms with van der Waals surface area (Å²) in [6.45, 7) is 2.61. The maximum atomic E-state index is 5.42. The smallest absolute Gasteiger partial charge is 0.259 e. The van der Waals surface area contributed by atoms with Crippen LogP contribution in [0.25, 0.3) is 11.5 Å². The van der Waals surface area contributed by atoms with E-state index in [9.17, 15) is 0 Å². The minimum Gasteiger partial charge on any atom is -0.334 e. The van der Waals surface area contributed by atoms with E-state index in [0.717, 1.165) is 24.0 Å². The Morgan fingerprint density at radius 3 is 3.00 bits per heavy atom. The molecule has 0 atom stereocenters. The molecule has 0 radical (unpaired) electrons. The van der Waals surface area contributed by atoms with E-state index in [-0.39, 0.29) is 0 Å². The topological polar surface area (TPSA) is 77.8 Å². The van der Waals surface area contributed by atoms with Crippen LogP contribution >= 0.6 is 0 Å². The second-order valence-corrected chi connectivity index (χ2v) is 3.66. The van der Waals surface area contributed by atoms with Crippen molar-refractivity contribution in [3.8, 4) is 11.5 Å². The number of aryl methyl sites for hydroxylation is 2. The molecule has 2 aromatic rings. The molecule has 0 saturated heterocycles. The van der Waals surface area contributed by atoms with Crippen molar-refractivity contribution < 1.29 is 4.52 Å². The highest BCUT2D eigenvalue weighted by Gasteiger charge is 2.08. The summed E-state index contributed by atoms with van der Waals surface area (Å²) in [6.07, 6.45) is 5.12. The molecule has 16 heavy (non-hydrogen) atoms. The summed E-state index contributed by atoms with van der Waals surface area (Å²) >= 11 is 0. The van der Waals surface area contributed by atoms with Crippen molar-refractivity contribution in [2.24, 2.45) is 5.73 Å². The van der Waals surface area contributed by atoms with Crippen LogP contribution < -0.4 is 5.73 Å². The minimum atomic E-state index is 0.517. The van der Waals surface area contributed by atoms with Crippen LogP contribution in [0.3, 0.4) is 0 Å². The SMILES string of the molecule is Cc1cncc(-c2nc(CCCN)no2)c1. The second-order valence-electron chi connectivity index (χ2n) is 3.66. The van der Waals surface area contributed by atoms with Crippen LogP contribution in [0.15, 0.2) is 23.0 Å². The molecule has 0 amide bonds. The highest BCUT2D eigenvalue weighted by atomic mass is 16.5. The number of hydrogen-bond acceptors (Lipinski definition) is 5. The highest BCUT2D eigenvalue weighted by Crippen LogP contribution is 2.17. The zero-order valence-corrected chi connectivity index (χ0v) is 9.18. The lowest BCUT2D eigenvalue weighted by Gasteiger charge is -1.94. The van der Waals surface area contributed by atoms with Gasteiger partial charge in [-0.1, -0.05) is 5.16 Å². The van der Waals surface area contributed by atoms with Gasteiger partial charge >= 0.3 is 0 Å². The van der Waals surface area contributed by atoms with Crippen molar-refractivity contribution in [3.05, 3.63) is 29.8 Å². The van der Waals surface area contributed by atoms with Crippen LogP contribution in [0.2, 0.25) is 0 Å². The van der Waals surface area contributed by atoms with E-state index in [1.54, 1.807) is 12.4 Å². The third-order valence-electron chi connectivity index (χ3n) is 2.19. The number of aromatic nitrogens is 3. The van der Waals surface area contributed by atoms with Gasteiger partial charge in [0.25, 0.3) is 5.89 Å². The van der Waals surface area contributed by atoms with Crippen molar-refractivity contribution in [3.63, 3.8) is 0 Å². The Bertz CT molecular complexity index is 467. The Hall–Kier alpha value is -1.75. The van der Waals surface area contributed by atoms with Gasteiger partial charge in [-0.25, -0.2) is 0 Å². The van der Waals surface area contributed by atoms with Gasteiger partial charge in [0.05, 0.1) is 5.56 Å². The molecule has 0 aromatic carbocycles. The fourth-order valence-electron chi connectivity index (χ4n) is 1.40. The first-order valence-corrected chi connectivity index (χ1v) is 5.24. The average Bonchev–Trinajstić information content (AvgIpc) is 2.75. The van der Waals surface area contributed by atoms with Crippen LogP contribution in [0.1, 0.15) is 17.8 Å². The van der Waals surface area contributed by atoms with E-state index >= 15 is 0 Å². The second kappa shape index (κ2) is 4.85. The minimum absolute atomic E-state index is 0.517. The lowest BCUT2D eigenvalue weighted by Crippen LogP contribution is -2.01. The molecule has 0 aliphatic carbocycles. The highest BCUT2D eigenvalue weighted by molar-refractivity contribution is 5.51. The van der Waals surface area contributed by atoms with Crippen molar-refractivity contribution in [1.29, 1.82) is 0 Å². The summed E-state index contributed by atoms with van der Waals surface area (Å²) in [5.41, 5.74) is 7.34. The van der Waals surface area contributed by atoms with E-state index in [1.165, 1.54) is 0 Å². The fraction of sp³-hybridized carbons (Fsp3) is 0.364. The first-order valence-electron chi connectivity index (χ1n) is 5.24. The van der Waals surface area contributed by atoms with Crippen molar-refractivity contribution in [2.45, 2.75) is 19.8 Å². The summed E-state index contributed by atoms with van der Waals surface area (Å²) in [4.78, 5) is 8.37. The molecule has 84 valence electrons. The number of hydrogen-bond donors (Lipinski definition) is 1. The lowest BCUT2D eigenvalue weighted by molar-refractivity contribution is 0.421. The molecule has 0 fully saturated rings. The molecular weight excluding hydrogens is 204 g/mol. The van der Waals surface area contributed by atoms with Crippen LogP contribution in [0.4, 0.5) is 0 Å². The molecule has 2 rings (SSSR count). The zero-order valence-electron chi connectivity index (χ0n) is 9.18. The van der Waals surface area contributed by atoms with Gasteiger partial charge in [-0.2, -0.15) is 4.98 Å². The predicted octanol–water partition coefficient (Wildman–Crippen LogP) is 1.33. The van der Waals surface area contributed by atoms with Gasteiger partial charge in [-0.15, -0.1) is 0 Å². The molecule has 0 aliphatic heterocycles. The Labute approximate surface area is 93.7 Å². The van der Waals surface area contributed by atoms with Gasteiger partial charge in [0.2, 0.25) is 0 Å². The van der Waals surface area contributed by atoms with Gasteiger partial charge in [0.1, 0.15) is 0 Å². The van der Waals surface area contributed by atoms with Crippen LogP contribution in [-0.2, 0) is 6.42 Å². The summed E-state index contributed by atoms with van der Waals surface area (Å²) in [5.74, 6) is 1.21. The molecule has 5 heteroatoms. The number of nitrogens with two attached hydrogens (primary N) is 1. The molecular formula is C11H14N4O. The monoisotopic (exact) mass is 218 g/mol. The maximum Gasteiger partial charge on any atom is 0.259 e. The quantitative estimate of drug-likeness (QED) is 0.837. The van der Waals surface area contributed by atoms with Crippen LogP contribution in [-0.4, -0.2) is 21.7 Å². The molecule has 2 aromatic heterocycles. The Morgan fingerprint density at radius 1 is 1.38 bits per heavy atom. The Kier molecular flexibility index (Phi) is 3.26. The average molecular weight is 218 g/mol. The fourth-order valence-corrected chi connectivity index (χ4v) is 1.40. The molecule has 2 heterocycles. The lowest BCUT2D eigenvalue weighted by atomic mass is 10.2. The largest absolute Gasteiger partial charge is 0.334 e. The third kappa shape index (κ3) is 2.43.